The van der Waals surface area contributed by atoms with Gasteiger partial charge in [-0.1, -0.05) is 12.1 Å². The van der Waals surface area contributed by atoms with Gasteiger partial charge in [0.15, 0.2) is 5.60 Å². The van der Waals surface area contributed by atoms with Crippen LogP contribution in [0.2, 0.25) is 0 Å². The van der Waals surface area contributed by atoms with Crippen molar-refractivity contribution in [1.82, 2.24) is 20.2 Å². The molecule has 2 heterocycles. The lowest BCUT2D eigenvalue weighted by Gasteiger charge is -2.74. The first-order chi connectivity index (χ1) is 18.1. The zero-order valence-corrected chi connectivity index (χ0v) is 20.2. The Kier molecular flexibility index (Phi) is 5.78. The maximum Gasteiger partial charge on any atom is 0.287 e. The van der Waals surface area contributed by atoms with E-state index in [4.69, 9.17) is 9.47 Å². The van der Waals surface area contributed by atoms with Crippen LogP contribution in [0.5, 0.6) is 5.75 Å². The summed E-state index contributed by atoms with van der Waals surface area (Å²) in [6.07, 6.45) is 0.701. The Bertz CT molecular complexity index is 1300. The molecule has 1 aromatic heterocycles. The molecule has 4 aliphatic rings. The normalized spacial score (nSPS) is 27.0. The van der Waals surface area contributed by atoms with Gasteiger partial charge in [-0.2, -0.15) is 0 Å². The first-order valence-corrected chi connectivity index (χ1v) is 12.3. The van der Waals surface area contributed by atoms with Gasteiger partial charge in [-0.05, 0) is 64.9 Å². The standard InChI is InChI=1S/C26H26F4N4O4/c27-18-3-6-20(21(28)7-18)25(36,14-34-15-31-32-33-34)26(29,30)24-11-23(12-24,13-24)17-1-4-19(5-2-17)38-10-22(35)16-8-37-9-16/h1-7,15-16,22,35-36H,8-14H2. The molecule has 0 radical (unpaired) electrons. The van der Waals surface area contributed by atoms with Gasteiger partial charge >= 0.3 is 0 Å². The van der Waals surface area contributed by atoms with Crippen molar-refractivity contribution >= 4 is 0 Å². The number of aromatic nitrogens is 4. The molecule has 2 N–H and O–H groups in total. The quantitative estimate of drug-likeness (QED) is 0.386. The topological polar surface area (TPSA) is 103 Å². The van der Waals surface area contributed by atoms with E-state index in [0.29, 0.717) is 25.0 Å². The second-order valence-electron chi connectivity index (χ2n) is 10.9. The summed E-state index contributed by atoms with van der Waals surface area (Å²) >= 11 is 0. The van der Waals surface area contributed by atoms with E-state index in [0.717, 1.165) is 28.7 Å². The van der Waals surface area contributed by atoms with Crippen LogP contribution in [0.3, 0.4) is 0 Å². The van der Waals surface area contributed by atoms with Gasteiger partial charge in [0, 0.05) is 23.0 Å². The third kappa shape index (κ3) is 3.72. The van der Waals surface area contributed by atoms with Crippen molar-refractivity contribution in [3.8, 4) is 5.75 Å². The molecule has 4 fully saturated rings. The fourth-order valence-electron chi connectivity index (χ4n) is 6.23. The second kappa shape index (κ2) is 8.72. The van der Waals surface area contributed by atoms with Crippen molar-refractivity contribution < 1.29 is 37.2 Å². The summed E-state index contributed by atoms with van der Waals surface area (Å²) in [4.78, 5) is 0. The average Bonchev–Trinajstić information content (AvgIpc) is 3.28. The fraction of sp³-hybridized carbons (Fsp3) is 0.500. The van der Waals surface area contributed by atoms with E-state index in [-0.39, 0.29) is 31.8 Å². The molecule has 2 bridgehead atoms. The van der Waals surface area contributed by atoms with Gasteiger partial charge in [0.05, 0.1) is 25.9 Å². The van der Waals surface area contributed by atoms with Crippen molar-refractivity contribution in [2.45, 2.75) is 48.8 Å². The lowest BCUT2D eigenvalue weighted by atomic mass is 9.30. The van der Waals surface area contributed by atoms with Gasteiger partial charge in [0.1, 0.15) is 30.3 Å². The van der Waals surface area contributed by atoms with E-state index < -0.39 is 52.2 Å². The summed E-state index contributed by atoms with van der Waals surface area (Å²) in [5.41, 5.74) is -4.91. The van der Waals surface area contributed by atoms with Crippen LogP contribution in [0.4, 0.5) is 17.6 Å². The highest BCUT2D eigenvalue weighted by molar-refractivity contribution is 5.44. The maximum atomic E-state index is 16.3. The Labute approximate surface area is 215 Å². The first kappa shape index (κ1) is 25.2. The van der Waals surface area contributed by atoms with Crippen LogP contribution < -0.4 is 4.74 Å². The SMILES string of the molecule is OC(COc1ccc(C23CC(C(F)(F)C(O)(Cn4cnnn4)c4ccc(F)cc4F)(C2)C3)cc1)C1COC1. The van der Waals surface area contributed by atoms with Crippen LogP contribution >= 0.6 is 0 Å². The smallest absolute Gasteiger partial charge is 0.287 e. The Morgan fingerprint density at radius 1 is 1.11 bits per heavy atom. The highest BCUT2D eigenvalue weighted by Crippen LogP contribution is 2.80. The Hall–Kier alpha value is -3.09. The molecule has 8 nitrogen and oxygen atoms in total. The van der Waals surface area contributed by atoms with E-state index >= 15 is 8.78 Å². The minimum atomic E-state index is -3.78. The van der Waals surface area contributed by atoms with Crippen LogP contribution in [0.1, 0.15) is 30.4 Å². The van der Waals surface area contributed by atoms with E-state index in [1.807, 2.05) is 12.1 Å². The lowest BCUT2D eigenvalue weighted by Crippen LogP contribution is -2.76. The Morgan fingerprint density at radius 3 is 2.39 bits per heavy atom. The molecule has 1 saturated heterocycles. The summed E-state index contributed by atoms with van der Waals surface area (Å²) < 4.78 is 72.5. The van der Waals surface area contributed by atoms with E-state index in [1.165, 1.54) is 0 Å². The Morgan fingerprint density at radius 2 is 1.82 bits per heavy atom. The monoisotopic (exact) mass is 534 g/mol. The van der Waals surface area contributed by atoms with Crippen molar-refractivity contribution in [1.29, 1.82) is 0 Å². The van der Waals surface area contributed by atoms with Crippen molar-refractivity contribution in [2.24, 2.45) is 11.3 Å². The molecule has 7 rings (SSSR count). The summed E-state index contributed by atoms with van der Waals surface area (Å²) in [5.74, 6) is -5.37. The van der Waals surface area contributed by atoms with Crippen LogP contribution in [0.25, 0.3) is 0 Å². The molecular formula is C26H26F4N4O4. The summed E-state index contributed by atoms with van der Waals surface area (Å²) in [5, 5.41) is 31.9. The minimum Gasteiger partial charge on any atom is -0.491 e. The van der Waals surface area contributed by atoms with E-state index in [2.05, 4.69) is 15.5 Å². The number of nitrogens with zero attached hydrogens (tertiary/aromatic N) is 4. The molecule has 1 aliphatic heterocycles. The Balaban J connectivity index is 1.19. The number of benzene rings is 2. The largest absolute Gasteiger partial charge is 0.491 e. The number of alkyl halides is 2. The van der Waals surface area contributed by atoms with Crippen molar-refractivity contribution in [3.05, 3.63) is 71.6 Å². The fourth-order valence-corrected chi connectivity index (χ4v) is 6.23. The van der Waals surface area contributed by atoms with Crippen LogP contribution in [-0.4, -0.2) is 62.3 Å². The predicted molar refractivity (Wildman–Crippen MR) is 123 cm³/mol. The first-order valence-electron chi connectivity index (χ1n) is 12.3. The van der Waals surface area contributed by atoms with Crippen LogP contribution in [0.15, 0.2) is 48.8 Å². The molecule has 0 amide bonds. The van der Waals surface area contributed by atoms with E-state index in [1.54, 1.807) is 12.1 Å². The molecule has 3 aromatic rings. The summed E-state index contributed by atoms with van der Waals surface area (Å²) in [6.45, 7) is 0.344. The van der Waals surface area contributed by atoms with Gasteiger partial charge in [0.25, 0.3) is 5.92 Å². The van der Waals surface area contributed by atoms with Gasteiger partial charge < -0.3 is 19.7 Å². The molecule has 2 aromatic carbocycles. The number of aliphatic hydroxyl groups excluding tert-OH is 1. The number of rotatable bonds is 10. The molecule has 3 saturated carbocycles. The lowest BCUT2D eigenvalue weighted by molar-refractivity contribution is -0.347. The maximum absolute atomic E-state index is 16.3. The van der Waals surface area contributed by atoms with E-state index in [9.17, 15) is 19.0 Å². The molecule has 2 atom stereocenters. The zero-order chi connectivity index (χ0) is 26.8. The highest BCUT2D eigenvalue weighted by Gasteiger charge is 2.82. The van der Waals surface area contributed by atoms with Crippen LogP contribution in [-0.2, 0) is 22.3 Å². The molecule has 12 heteroatoms. The third-order valence-electron chi connectivity index (χ3n) is 8.47. The van der Waals surface area contributed by atoms with Gasteiger partial charge in [-0.15, -0.1) is 5.10 Å². The third-order valence-corrected chi connectivity index (χ3v) is 8.47. The summed E-state index contributed by atoms with van der Waals surface area (Å²) in [6, 6.07) is 9.29. The number of aliphatic hydroxyl groups is 2. The number of tetrazole rings is 1. The molecular weight excluding hydrogens is 508 g/mol. The molecule has 202 valence electrons. The zero-order valence-electron chi connectivity index (χ0n) is 20.2. The van der Waals surface area contributed by atoms with Gasteiger partial charge in [0.2, 0.25) is 0 Å². The highest BCUT2D eigenvalue weighted by atomic mass is 19.3. The van der Waals surface area contributed by atoms with Crippen molar-refractivity contribution in [2.75, 3.05) is 19.8 Å². The predicted octanol–water partition coefficient (Wildman–Crippen LogP) is 2.98. The molecule has 3 aliphatic carbocycles. The average molecular weight is 535 g/mol. The molecule has 0 spiro atoms. The molecule has 2 unspecified atom stereocenters. The molecule has 38 heavy (non-hydrogen) atoms. The number of halogens is 4. The van der Waals surface area contributed by atoms with Crippen LogP contribution in [0, 0.1) is 23.0 Å². The van der Waals surface area contributed by atoms with Gasteiger partial charge in [-0.25, -0.2) is 22.2 Å². The minimum absolute atomic E-state index is 0.0655. The number of hydrogen-bond acceptors (Lipinski definition) is 7. The van der Waals surface area contributed by atoms with Gasteiger partial charge in [-0.3, -0.25) is 0 Å². The summed E-state index contributed by atoms with van der Waals surface area (Å²) in [7, 11) is 0. The number of ether oxygens (including phenoxy) is 2. The second-order valence-corrected chi connectivity index (χ2v) is 10.9. The number of hydrogen-bond donors (Lipinski definition) is 2. The van der Waals surface area contributed by atoms with Crippen molar-refractivity contribution in [3.63, 3.8) is 0 Å².